The highest BCUT2D eigenvalue weighted by molar-refractivity contribution is 5.91. The fourth-order valence-electron chi connectivity index (χ4n) is 4.28. The van der Waals surface area contributed by atoms with E-state index in [-0.39, 0.29) is 6.03 Å². The second-order valence-corrected chi connectivity index (χ2v) is 8.08. The lowest BCUT2D eigenvalue weighted by molar-refractivity contribution is 0.207. The SMILES string of the molecule is COc1ccccc1NC(=O)N1CCN(c2nc3ccccc3n2Cc2ccccc2)CC1. The molecular formula is C26H27N5O2. The first-order chi connectivity index (χ1) is 16.2. The highest BCUT2D eigenvalue weighted by atomic mass is 16.5. The molecule has 1 aliphatic rings. The number of amides is 2. The summed E-state index contributed by atoms with van der Waals surface area (Å²) in [5.41, 5.74) is 4.02. The van der Waals surface area contributed by atoms with E-state index in [0.717, 1.165) is 36.6 Å². The Morgan fingerprint density at radius 2 is 1.61 bits per heavy atom. The normalized spacial score (nSPS) is 13.8. The van der Waals surface area contributed by atoms with E-state index in [1.54, 1.807) is 7.11 Å². The number of anilines is 2. The van der Waals surface area contributed by atoms with Crippen LogP contribution in [0.25, 0.3) is 11.0 Å². The minimum absolute atomic E-state index is 0.114. The summed E-state index contributed by atoms with van der Waals surface area (Å²) in [4.78, 5) is 21.9. The van der Waals surface area contributed by atoms with Crippen molar-refractivity contribution in [3.05, 3.63) is 84.4 Å². The molecule has 1 saturated heterocycles. The van der Waals surface area contributed by atoms with Crippen LogP contribution < -0.4 is 15.0 Å². The Hall–Kier alpha value is -4.00. The standard InChI is InChI=1S/C26H27N5O2/c1-33-24-14-8-6-12-22(24)28-26(32)30-17-15-29(16-18-30)25-27-21-11-5-7-13-23(21)31(25)19-20-9-3-2-4-10-20/h2-14H,15-19H2,1H3,(H,28,32). The molecule has 33 heavy (non-hydrogen) atoms. The maximum Gasteiger partial charge on any atom is 0.322 e. The number of hydrogen-bond acceptors (Lipinski definition) is 4. The van der Waals surface area contributed by atoms with Crippen LogP contribution in [0.5, 0.6) is 5.75 Å². The average molecular weight is 442 g/mol. The number of piperazine rings is 1. The number of urea groups is 1. The third-order valence-electron chi connectivity index (χ3n) is 6.02. The molecule has 1 aliphatic heterocycles. The van der Waals surface area contributed by atoms with Crippen LogP contribution in [-0.4, -0.2) is 53.8 Å². The van der Waals surface area contributed by atoms with Gasteiger partial charge in [-0.05, 0) is 29.8 Å². The number of methoxy groups -OCH3 is 1. The van der Waals surface area contributed by atoms with Gasteiger partial charge >= 0.3 is 6.03 Å². The number of nitrogens with zero attached hydrogens (tertiary/aromatic N) is 4. The number of para-hydroxylation sites is 4. The van der Waals surface area contributed by atoms with Gasteiger partial charge in [0.05, 0.1) is 30.4 Å². The van der Waals surface area contributed by atoms with Crippen molar-refractivity contribution in [1.29, 1.82) is 0 Å². The molecule has 0 aliphatic carbocycles. The molecule has 3 aromatic carbocycles. The predicted molar refractivity (Wildman–Crippen MR) is 131 cm³/mol. The summed E-state index contributed by atoms with van der Waals surface area (Å²) in [5, 5.41) is 2.97. The predicted octanol–water partition coefficient (Wildman–Crippen LogP) is 4.45. The summed E-state index contributed by atoms with van der Waals surface area (Å²) >= 11 is 0. The van der Waals surface area contributed by atoms with Crippen LogP contribution >= 0.6 is 0 Å². The number of ether oxygens (including phenoxy) is 1. The van der Waals surface area contributed by atoms with Crippen LogP contribution in [0, 0.1) is 0 Å². The molecule has 2 heterocycles. The Morgan fingerprint density at radius 1 is 0.909 bits per heavy atom. The molecule has 7 heteroatoms. The van der Waals surface area contributed by atoms with Crippen LogP contribution in [0.3, 0.4) is 0 Å². The molecule has 1 aromatic heterocycles. The van der Waals surface area contributed by atoms with Gasteiger partial charge in [0.1, 0.15) is 5.75 Å². The van der Waals surface area contributed by atoms with Gasteiger partial charge in [-0.3, -0.25) is 0 Å². The van der Waals surface area contributed by atoms with Gasteiger partial charge in [-0.25, -0.2) is 9.78 Å². The Bertz CT molecular complexity index is 1250. The summed E-state index contributed by atoms with van der Waals surface area (Å²) in [7, 11) is 1.60. The number of nitrogens with one attached hydrogen (secondary N) is 1. The molecule has 1 fully saturated rings. The molecule has 1 N–H and O–H groups in total. The van der Waals surface area contributed by atoms with E-state index in [9.17, 15) is 4.79 Å². The van der Waals surface area contributed by atoms with E-state index in [1.807, 2.05) is 41.3 Å². The smallest absolute Gasteiger partial charge is 0.322 e. The molecule has 0 atom stereocenters. The first kappa shape index (κ1) is 20.9. The molecule has 0 bridgehead atoms. The van der Waals surface area contributed by atoms with Crippen molar-refractivity contribution in [3.8, 4) is 5.75 Å². The second kappa shape index (κ2) is 9.24. The minimum atomic E-state index is -0.114. The van der Waals surface area contributed by atoms with E-state index in [2.05, 4.69) is 57.2 Å². The minimum Gasteiger partial charge on any atom is -0.495 e. The van der Waals surface area contributed by atoms with Crippen LogP contribution in [0.1, 0.15) is 5.56 Å². The Balaban J connectivity index is 1.32. The van der Waals surface area contributed by atoms with Crippen molar-refractivity contribution in [1.82, 2.24) is 14.5 Å². The lowest BCUT2D eigenvalue weighted by atomic mass is 10.2. The number of aromatic nitrogens is 2. The monoisotopic (exact) mass is 441 g/mol. The molecule has 2 amide bonds. The lowest BCUT2D eigenvalue weighted by Gasteiger charge is -2.35. The van der Waals surface area contributed by atoms with Gasteiger partial charge in [0, 0.05) is 26.2 Å². The quantitative estimate of drug-likeness (QED) is 0.497. The van der Waals surface area contributed by atoms with Gasteiger partial charge in [-0.2, -0.15) is 0 Å². The number of fused-ring (bicyclic) bond motifs is 1. The molecule has 0 saturated carbocycles. The molecule has 5 rings (SSSR count). The van der Waals surface area contributed by atoms with E-state index in [0.29, 0.717) is 24.5 Å². The third kappa shape index (κ3) is 4.35. The summed E-state index contributed by atoms with van der Waals surface area (Å²) in [5.74, 6) is 1.60. The van der Waals surface area contributed by atoms with Gasteiger partial charge in [-0.1, -0.05) is 54.6 Å². The molecule has 168 valence electrons. The van der Waals surface area contributed by atoms with Crippen molar-refractivity contribution in [2.45, 2.75) is 6.54 Å². The number of rotatable bonds is 5. The zero-order chi connectivity index (χ0) is 22.6. The average Bonchev–Trinajstić information content (AvgIpc) is 3.23. The topological polar surface area (TPSA) is 62.6 Å². The van der Waals surface area contributed by atoms with E-state index in [4.69, 9.17) is 9.72 Å². The van der Waals surface area contributed by atoms with Crippen molar-refractivity contribution in [2.24, 2.45) is 0 Å². The third-order valence-corrected chi connectivity index (χ3v) is 6.02. The Kier molecular flexibility index (Phi) is 5.85. The van der Waals surface area contributed by atoms with E-state index in [1.165, 1.54) is 5.56 Å². The Morgan fingerprint density at radius 3 is 2.39 bits per heavy atom. The first-order valence-electron chi connectivity index (χ1n) is 11.2. The number of carbonyl (C=O) groups is 1. The lowest BCUT2D eigenvalue weighted by Crippen LogP contribution is -2.50. The molecule has 0 unspecified atom stereocenters. The van der Waals surface area contributed by atoms with Crippen molar-refractivity contribution >= 4 is 28.7 Å². The fourth-order valence-corrected chi connectivity index (χ4v) is 4.28. The van der Waals surface area contributed by atoms with Gasteiger partial charge in [0.15, 0.2) is 0 Å². The zero-order valence-electron chi connectivity index (χ0n) is 18.6. The van der Waals surface area contributed by atoms with Gasteiger partial charge < -0.3 is 24.4 Å². The van der Waals surface area contributed by atoms with Crippen LogP contribution in [0.2, 0.25) is 0 Å². The van der Waals surface area contributed by atoms with Crippen LogP contribution in [0.4, 0.5) is 16.4 Å². The first-order valence-corrected chi connectivity index (χ1v) is 11.2. The summed E-state index contributed by atoms with van der Waals surface area (Å²) in [6.45, 7) is 3.44. The number of benzene rings is 3. The molecule has 0 radical (unpaired) electrons. The fraction of sp³-hybridized carbons (Fsp3) is 0.231. The second-order valence-electron chi connectivity index (χ2n) is 8.08. The summed E-state index contributed by atoms with van der Waals surface area (Å²) < 4.78 is 7.62. The molecular weight excluding hydrogens is 414 g/mol. The summed E-state index contributed by atoms with van der Waals surface area (Å²) in [6.07, 6.45) is 0. The molecule has 0 spiro atoms. The van der Waals surface area contributed by atoms with Gasteiger partial charge in [0.25, 0.3) is 0 Å². The van der Waals surface area contributed by atoms with Gasteiger partial charge in [0.2, 0.25) is 5.95 Å². The van der Waals surface area contributed by atoms with Crippen LogP contribution in [-0.2, 0) is 6.54 Å². The van der Waals surface area contributed by atoms with Crippen LogP contribution in [0.15, 0.2) is 78.9 Å². The van der Waals surface area contributed by atoms with Crippen molar-refractivity contribution < 1.29 is 9.53 Å². The highest BCUT2D eigenvalue weighted by Gasteiger charge is 2.25. The largest absolute Gasteiger partial charge is 0.495 e. The highest BCUT2D eigenvalue weighted by Crippen LogP contribution is 2.26. The van der Waals surface area contributed by atoms with Crippen molar-refractivity contribution in [2.75, 3.05) is 43.5 Å². The number of carbonyl (C=O) groups excluding carboxylic acids is 1. The van der Waals surface area contributed by atoms with Crippen molar-refractivity contribution in [3.63, 3.8) is 0 Å². The Labute approximate surface area is 193 Å². The maximum atomic E-state index is 12.8. The molecule has 7 nitrogen and oxygen atoms in total. The zero-order valence-corrected chi connectivity index (χ0v) is 18.6. The van der Waals surface area contributed by atoms with E-state index < -0.39 is 0 Å². The summed E-state index contributed by atoms with van der Waals surface area (Å²) in [6, 6.07) is 26.0. The van der Waals surface area contributed by atoms with E-state index >= 15 is 0 Å². The number of hydrogen-bond donors (Lipinski definition) is 1. The number of imidazole rings is 1. The van der Waals surface area contributed by atoms with Gasteiger partial charge in [-0.15, -0.1) is 0 Å². The molecule has 4 aromatic rings. The maximum absolute atomic E-state index is 12.8.